The zero-order valence-electron chi connectivity index (χ0n) is 12.9. The SMILES string of the molecule is CCC(C)Nc1ccc(C(=O)Nc2cc(Cl)ccc2C)nn1. The van der Waals surface area contributed by atoms with Crippen molar-refractivity contribution < 1.29 is 4.79 Å². The fourth-order valence-corrected chi connectivity index (χ4v) is 1.97. The van der Waals surface area contributed by atoms with Gasteiger partial charge in [0.25, 0.3) is 5.91 Å². The van der Waals surface area contributed by atoms with E-state index in [9.17, 15) is 4.79 Å². The molecule has 0 spiro atoms. The minimum absolute atomic E-state index is 0.258. The zero-order valence-corrected chi connectivity index (χ0v) is 13.6. The van der Waals surface area contributed by atoms with Gasteiger partial charge in [-0.1, -0.05) is 24.6 Å². The van der Waals surface area contributed by atoms with Gasteiger partial charge < -0.3 is 10.6 Å². The van der Waals surface area contributed by atoms with Crippen LogP contribution in [0.3, 0.4) is 0 Å². The van der Waals surface area contributed by atoms with E-state index >= 15 is 0 Å². The quantitative estimate of drug-likeness (QED) is 0.877. The minimum atomic E-state index is -0.312. The number of halogens is 1. The number of aryl methyl sites for hydroxylation is 1. The summed E-state index contributed by atoms with van der Waals surface area (Å²) in [6.07, 6.45) is 0.984. The monoisotopic (exact) mass is 318 g/mol. The molecule has 6 heteroatoms. The molecule has 0 aliphatic heterocycles. The number of aromatic nitrogens is 2. The van der Waals surface area contributed by atoms with Gasteiger partial charge in [0.15, 0.2) is 5.69 Å². The summed E-state index contributed by atoms with van der Waals surface area (Å²) in [6.45, 7) is 6.04. The molecule has 1 amide bonds. The van der Waals surface area contributed by atoms with E-state index in [0.29, 0.717) is 22.6 Å². The summed E-state index contributed by atoms with van der Waals surface area (Å²) >= 11 is 5.94. The Hall–Kier alpha value is -2.14. The van der Waals surface area contributed by atoms with Crippen molar-refractivity contribution in [1.82, 2.24) is 10.2 Å². The lowest BCUT2D eigenvalue weighted by atomic mass is 10.2. The molecule has 5 nitrogen and oxygen atoms in total. The lowest BCUT2D eigenvalue weighted by Gasteiger charge is -2.11. The van der Waals surface area contributed by atoms with Crippen molar-refractivity contribution >= 4 is 29.0 Å². The van der Waals surface area contributed by atoms with Crippen molar-refractivity contribution in [3.8, 4) is 0 Å². The molecule has 2 aromatic rings. The van der Waals surface area contributed by atoms with Crippen molar-refractivity contribution in [2.45, 2.75) is 33.2 Å². The average molecular weight is 319 g/mol. The number of nitrogens with one attached hydrogen (secondary N) is 2. The van der Waals surface area contributed by atoms with Crippen LogP contribution in [0.15, 0.2) is 30.3 Å². The van der Waals surface area contributed by atoms with Crippen LogP contribution in [0.5, 0.6) is 0 Å². The normalized spacial score (nSPS) is 11.8. The molecule has 0 fully saturated rings. The summed E-state index contributed by atoms with van der Waals surface area (Å²) < 4.78 is 0. The largest absolute Gasteiger partial charge is 0.366 e. The minimum Gasteiger partial charge on any atom is -0.366 e. The van der Waals surface area contributed by atoms with Crippen LogP contribution < -0.4 is 10.6 Å². The Morgan fingerprint density at radius 3 is 2.68 bits per heavy atom. The molecule has 0 aliphatic rings. The molecular weight excluding hydrogens is 300 g/mol. The van der Waals surface area contributed by atoms with Gasteiger partial charge in [0.05, 0.1) is 0 Å². The number of benzene rings is 1. The van der Waals surface area contributed by atoms with Crippen LogP contribution in [-0.4, -0.2) is 22.1 Å². The molecule has 22 heavy (non-hydrogen) atoms. The lowest BCUT2D eigenvalue weighted by Crippen LogP contribution is -2.18. The van der Waals surface area contributed by atoms with Crippen LogP contribution in [0.25, 0.3) is 0 Å². The average Bonchev–Trinajstić information content (AvgIpc) is 2.51. The van der Waals surface area contributed by atoms with E-state index < -0.39 is 0 Å². The molecule has 0 saturated carbocycles. The summed E-state index contributed by atoms with van der Waals surface area (Å²) in [6, 6.07) is 9.04. The Morgan fingerprint density at radius 1 is 1.27 bits per heavy atom. The molecular formula is C16H19ClN4O. The van der Waals surface area contributed by atoms with Gasteiger partial charge in [0.1, 0.15) is 5.82 Å². The van der Waals surface area contributed by atoms with Crippen LogP contribution in [0, 0.1) is 6.92 Å². The maximum atomic E-state index is 12.2. The first-order valence-electron chi connectivity index (χ1n) is 7.17. The highest BCUT2D eigenvalue weighted by Gasteiger charge is 2.11. The molecule has 1 aromatic heterocycles. The molecule has 1 aromatic carbocycles. The van der Waals surface area contributed by atoms with Crippen LogP contribution in [0.1, 0.15) is 36.3 Å². The summed E-state index contributed by atoms with van der Waals surface area (Å²) in [7, 11) is 0. The van der Waals surface area contributed by atoms with E-state index in [2.05, 4.69) is 34.7 Å². The van der Waals surface area contributed by atoms with Gasteiger partial charge in [-0.2, -0.15) is 0 Å². The second kappa shape index (κ2) is 7.22. The molecule has 2 rings (SSSR count). The molecule has 0 aliphatic carbocycles. The molecule has 1 unspecified atom stereocenters. The highest BCUT2D eigenvalue weighted by molar-refractivity contribution is 6.31. The zero-order chi connectivity index (χ0) is 16.1. The molecule has 0 radical (unpaired) electrons. The summed E-state index contributed by atoms with van der Waals surface area (Å²) in [4.78, 5) is 12.2. The van der Waals surface area contributed by atoms with Crippen molar-refractivity contribution in [3.05, 3.63) is 46.6 Å². The molecule has 1 heterocycles. The Morgan fingerprint density at radius 2 is 2.05 bits per heavy atom. The van der Waals surface area contributed by atoms with Crippen molar-refractivity contribution in [3.63, 3.8) is 0 Å². The Balaban J connectivity index is 2.08. The third-order valence-electron chi connectivity index (χ3n) is 3.35. The van der Waals surface area contributed by atoms with Gasteiger partial charge in [-0.3, -0.25) is 4.79 Å². The molecule has 116 valence electrons. The summed E-state index contributed by atoms with van der Waals surface area (Å²) in [5.74, 6) is 0.345. The number of anilines is 2. The van der Waals surface area contributed by atoms with Gasteiger partial charge in [-0.15, -0.1) is 10.2 Å². The fraction of sp³-hybridized carbons (Fsp3) is 0.312. The van der Waals surface area contributed by atoms with E-state index in [1.165, 1.54) is 0 Å². The molecule has 0 bridgehead atoms. The van der Waals surface area contributed by atoms with Gasteiger partial charge in [0.2, 0.25) is 0 Å². The standard InChI is InChI=1S/C16H19ClN4O/c1-4-11(3)18-15-8-7-13(20-21-15)16(22)19-14-9-12(17)6-5-10(14)2/h5-9,11H,4H2,1-3H3,(H,18,21)(H,19,22). The van der Waals surface area contributed by atoms with Gasteiger partial charge >= 0.3 is 0 Å². The van der Waals surface area contributed by atoms with Crippen molar-refractivity contribution in [2.24, 2.45) is 0 Å². The highest BCUT2D eigenvalue weighted by Crippen LogP contribution is 2.20. The number of carbonyl (C=O) groups excluding carboxylic acids is 1. The van der Waals surface area contributed by atoms with Crippen LogP contribution in [0.4, 0.5) is 11.5 Å². The van der Waals surface area contributed by atoms with Gasteiger partial charge in [-0.05, 0) is 50.1 Å². The predicted octanol–water partition coefficient (Wildman–Crippen LogP) is 3.90. The van der Waals surface area contributed by atoms with E-state index in [-0.39, 0.29) is 11.6 Å². The first-order valence-corrected chi connectivity index (χ1v) is 7.55. The maximum absolute atomic E-state index is 12.2. The molecule has 2 N–H and O–H groups in total. The number of hydrogen-bond acceptors (Lipinski definition) is 4. The van der Waals surface area contributed by atoms with Crippen molar-refractivity contribution in [1.29, 1.82) is 0 Å². The maximum Gasteiger partial charge on any atom is 0.276 e. The van der Waals surface area contributed by atoms with Crippen LogP contribution >= 0.6 is 11.6 Å². The number of nitrogens with zero attached hydrogens (tertiary/aromatic N) is 2. The van der Waals surface area contributed by atoms with Gasteiger partial charge in [-0.25, -0.2) is 0 Å². The third kappa shape index (κ3) is 4.18. The Labute approximate surface area is 135 Å². The number of hydrogen-bond donors (Lipinski definition) is 2. The molecule has 1 atom stereocenters. The number of amides is 1. The molecule has 0 saturated heterocycles. The van der Waals surface area contributed by atoms with Crippen LogP contribution in [-0.2, 0) is 0 Å². The topological polar surface area (TPSA) is 66.9 Å². The van der Waals surface area contributed by atoms with E-state index in [0.717, 1.165) is 12.0 Å². The van der Waals surface area contributed by atoms with Crippen LogP contribution in [0.2, 0.25) is 5.02 Å². The van der Waals surface area contributed by atoms with E-state index in [4.69, 9.17) is 11.6 Å². The summed E-state index contributed by atoms with van der Waals surface area (Å²) in [5.41, 5.74) is 1.86. The second-order valence-electron chi connectivity index (χ2n) is 5.17. The smallest absolute Gasteiger partial charge is 0.276 e. The number of rotatable bonds is 5. The van der Waals surface area contributed by atoms with E-state index in [1.807, 2.05) is 13.0 Å². The predicted molar refractivity (Wildman–Crippen MR) is 89.5 cm³/mol. The first-order chi connectivity index (χ1) is 10.5. The first kappa shape index (κ1) is 16.2. The van der Waals surface area contributed by atoms with E-state index in [1.54, 1.807) is 24.3 Å². The highest BCUT2D eigenvalue weighted by atomic mass is 35.5. The van der Waals surface area contributed by atoms with Gasteiger partial charge in [0, 0.05) is 16.8 Å². The Bertz CT molecular complexity index is 658. The number of carbonyl (C=O) groups is 1. The van der Waals surface area contributed by atoms with Crippen molar-refractivity contribution in [2.75, 3.05) is 10.6 Å². The second-order valence-corrected chi connectivity index (χ2v) is 5.61. The lowest BCUT2D eigenvalue weighted by molar-refractivity contribution is 0.102. The fourth-order valence-electron chi connectivity index (χ4n) is 1.80. The Kier molecular flexibility index (Phi) is 5.33. The third-order valence-corrected chi connectivity index (χ3v) is 3.59. The summed E-state index contributed by atoms with van der Waals surface area (Å²) in [5, 5.41) is 14.5.